The SMILES string of the molecule is COC(=O)[C@H](c1ccccc1Cl)N(CCc1cccs1)CCc1cccs1.Cl. The van der Waals surface area contributed by atoms with Crippen LogP contribution >= 0.6 is 46.7 Å². The number of carbonyl (C=O) groups excluding carboxylic acids is 1. The summed E-state index contributed by atoms with van der Waals surface area (Å²) in [6.45, 7) is 1.52. The molecule has 0 unspecified atom stereocenters. The monoisotopic (exact) mass is 455 g/mol. The highest BCUT2D eigenvalue weighted by Crippen LogP contribution is 2.29. The predicted octanol–water partition coefficient (Wildman–Crippen LogP) is 5.89. The summed E-state index contributed by atoms with van der Waals surface area (Å²) in [6.07, 6.45) is 1.78. The molecular weight excluding hydrogens is 433 g/mol. The summed E-state index contributed by atoms with van der Waals surface area (Å²) >= 11 is 9.91. The molecule has 7 heteroatoms. The van der Waals surface area contributed by atoms with Gasteiger partial charge < -0.3 is 4.74 Å². The second-order valence-electron chi connectivity index (χ2n) is 6.14. The molecule has 2 aromatic heterocycles. The number of esters is 1. The van der Waals surface area contributed by atoms with Crippen LogP contribution < -0.4 is 0 Å². The van der Waals surface area contributed by atoms with Gasteiger partial charge in [0.1, 0.15) is 6.04 Å². The van der Waals surface area contributed by atoms with Gasteiger partial charge in [0, 0.05) is 27.9 Å². The number of rotatable bonds is 9. The Bertz CT molecular complexity index is 800. The Morgan fingerprint density at radius 1 is 1.00 bits per heavy atom. The van der Waals surface area contributed by atoms with E-state index < -0.39 is 6.04 Å². The maximum Gasteiger partial charge on any atom is 0.327 e. The first kappa shape index (κ1) is 22.9. The maximum atomic E-state index is 12.7. The van der Waals surface area contributed by atoms with Gasteiger partial charge in [-0.15, -0.1) is 35.1 Å². The van der Waals surface area contributed by atoms with Crippen molar-refractivity contribution in [2.45, 2.75) is 18.9 Å². The van der Waals surface area contributed by atoms with Crippen LogP contribution in [0.25, 0.3) is 0 Å². The maximum absolute atomic E-state index is 12.7. The number of carbonyl (C=O) groups is 1. The Morgan fingerprint density at radius 3 is 2.04 bits per heavy atom. The third-order valence-electron chi connectivity index (χ3n) is 4.44. The largest absolute Gasteiger partial charge is 0.468 e. The first-order valence-electron chi connectivity index (χ1n) is 8.80. The number of ether oxygens (including phenoxy) is 1. The van der Waals surface area contributed by atoms with Crippen LogP contribution in [0.1, 0.15) is 21.4 Å². The van der Waals surface area contributed by atoms with Crippen molar-refractivity contribution >= 4 is 52.7 Å². The summed E-state index contributed by atoms with van der Waals surface area (Å²) in [5, 5.41) is 4.75. The molecule has 0 spiro atoms. The zero-order chi connectivity index (χ0) is 19.1. The Labute approximate surface area is 185 Å². The lowest BCUT2D eigenvalue weighted by Gasteiger charge is -2.30. The minimum atomic E-state index is -0.511. The fourth-order valence-corrected chi connectivity index (χ4v) is 4.70. The molecule has 0 aliphatic heterocycles. The van der Waals surface area contributed by atoms with Gasteiger partial charge in [-0.25, -0.2) is 4.79 Å². The second-order valence-corrected chi connectivity index (χ2v) is 8.61. The van der Waals surface area contributed by atoms with Crippen molar-refractivity contribution in [3.05, 3.63) is 79.6 Å². The number of halogens is 2. The highest BCUT2D eigenvalue weighted by molar-refractivity contribution is 7.10. The van der Waals surface area contributed by atoms with Crippen LogP contribution in [0.5, 0.6) is 0 Å². The highest BCUT2D eigenvalue weighted by Gasteiger charge is 2.30. The molecule has 28 heavy (non-hydrogen) atoms. The van der Waals surface area contributed by atoms with Crippen LogP contribution in [0.15, 0.2) is 59.3 Å². The lowest BCUT2D eigenvalue weighted by Crippen LogP contribution is -2.38. The molecule has 150 valence electrons. The van der Waals surface area contributed by atoms with Crippen LogP contribution in [0.3, 0.4) is 0 Å². The van der Waals surface area contributed by atoms with Crippen molar-refractivity contribution in [2.75, 3.05) is 20.2 Å². The smallest absolute Gasteiger partial charge is 0.327 e. The molecule has 1 aromatic carbocycles. The second kappa shape index (κ2) is 11.6. The summed E-state index contributed by atoms with van der Waals surface area (Å²) in [4.78, 5) is 17.5. The zero-order valence-corrected chi connectivity index (χ0v) is 18.8. The number of methoxy groups -OCH3 is 1. The standard InChI is InChI=1S/C21H22ClNO2S2.ClH/c1-25-21(24)20(18-8-2-3-9-19(18)22)23(12-10-16-6-4-14-26-16)13-11-17-7-5-15-27-17;/h2-9,14-15,20H,10-13H2,1H3;1H/t20-;/m0./s1. The van der Waals surface area contributed by atoms with Crippen LogP contribution in [0.2, 0.25) is 5.02 Å². The molecule has 0 fully saturated rings. The lowest BCUT2D eigenvalue weighted by atomic mass is 10.0. The number of hydrogen-bond donors (Lipinski definition) is 0. The average molecular weight is 456 g/mol. The fourth-order valence-electron chi connectivity index (χ4n) is 3.07. The molecule has 2 heterocycles. The van der Waals surface area contributed by atoms with Gasteiger partial charge in [-0.2, -0.15) is 0 Å². The summed E-state index contributed by atoms with van der Waals surface area (Å²) < 4.78 is 5.14. The van der Waals surface area contributed by atoms with Gasteiger partial charge in [-0.3, -0.25) is 4.90 Å². The van der Waals surface area contributed by atoms with E-state index in [9.17, 15) is 4.79 Å². The van der Waals surface area contributed by atoms with Gasteiger partial charge in [-0.1, -0.05) is 41.9 Å². The van der Waals surface area contributed by atoms with Gasteiger partial charge in [0.05, 0.1) is 7.11 Å². The van der Waals surface area contributed by atoms with Crippen molar-refractivity contribution in [1.82, 2.24) is 4.90 Å². The van der Waals surface area contributed by atoms with Crippen molar-refractivity contribution in [2.24, 2.45) is 0 Å². The summed E-state index contributed by atoms with van der Waals surface area (Å²) in [6, 6.07) is 15.4. The number of nitrogens with zero attached hydrogens (tertiary/aromatic N) is 1. The molecule has 0 aliphatic rings. The Kier molecular flexibility index (Phi) is 9.48. The van der Waals surface area contributed by atoms with Crippen LogP contribution in [-0.4, -0.2) is 31.1 Å². The molecule has 0 aliphatic carbocycles. The quantitative estimate of drug-likeness (QED) is 0.376. The average Bonchev–Trinajstić information content (AvgIpc) is 3.38. The molecule has 0 bridgehead atoms. The normalized spacial score (nSPS) is 11.8. The van der Waals surface area contributed by atoms with E-state index in [1.54, 1.807) is 22.7 Å². The summed E-state index contributed by atoms with van der Waals surface area (Å²) in [5.74, 6) is -0.277. The molecule has 0 saturated carbocycles. The van der Waals surface area contributed by atoms with Gasteiger partial charge in [0.25, 0.3) is 0 Å². The van der Waals surface area contributed by atoms with Gasteiger partial charge in [0.15, 0.2) is 0 Å². The summed E-state index contributed by atoms with van der Waals surface area (Å²) in [7, 11) is 1.43. The Hall–Kier alpha value is -1.37. The molecule has 0 amide bonds. The summed E-state index contributed by atoms with van der Waals surface area (Å²) in [5.41, 5.74) is 0.795. The molecular formula is C21H23Cl2NO2S2. The van der Waals surface area contributed by atoms with Crippen LogP contribution in [0, 0.1) is 0 Å². The van der Waals surface area contributed by atoms with E-state index in [-0.39, 0.29) is 18.4 Å². The highest BCUT2D eigenvalue weighted by atomic mass is 35.5. The third-order valence-corrected chi connectivity index (χ3v) is 6.66. The van der Waals surface area contributed by atoms with Crippen LogP contribution in [-0.2, 0) is 22.4 Å². The fraction of sp³-hybridized carbons (Fsp3) is 0.286. The Balaban J connectivity index is 0.00000280. The first-order chi connectivity index (χ1) is 13.2. The molecule has 3 aromatic rings. The Morgan fingerprint density at radius 2 is 1.57 bits per heavy atom. The van der Waals surface area contributed by atoms with E-state index in [4.69, 9.17) is 16.3 Å². The van der Waals surface area contributed by atoms with E-state index in [1.165, 1.54) is 16.9 Å². The number of benzene rings is 1. The minimum absolute atomic E-state index is 0. The van der Waals surface area contributed by atoms with Crippen molar-refractivity contribution in [3.8, 4) is 0 Å². The minimum Gasteiger partial charge on any atom is -0.468 e. The first-order valence-corrected chi connectivity index (χ1v) is 10.9. The number of thiophene rings is 2. The van der Waals surface area contributed by atoms with E-state index in [0.29, 0.717) is 5.02 Å². The topological polar surface area (TPSA) is 29.5 Å². The van der Waals surface area contributed by atoms with E-state index >= 15 is 0 Å². The van der Waals surface area contributed by atoms with E-state index in [0.717, 1.165) is 31.5 Å². The zero-order valence-electron chi connectivity index (χ0n) is 15.5. The van der Waals surface area contributed by atoms with E-state index in [2.05, 4.69) is 39.9 Å². The molecule has 1 atom stereocenters. The predicted molar refractivity (Wildman–Crippen MR) is 121 cm³/mol. The lowest BCUT2D eigenvalue weighted by molar-refractivity contribution is -0.147. The van der Waals surface area contributed by atoms with Crippen LogP contribution in [0.4, 0.5) is 0 Å². The van der Waals surface area contributed by atoms with Crippen molar-refractivity contribution < 1.29 is 9.53 Å². The van der Waals surface area contributed by atoms with Gasteiger partial charge >= 0.3 is 5.97 Å². The molecule has 0 N–H and O–H groups in total. The third kappa shape index (κ3) is 6.06. The number of hydrogen-bond acceptors (Lipinski definition) is 5. The van der Waals surface area contributed by atoms with Gasteiger partial charge in [0.2, 0.25) is 0 Å². The molecule has 0 radical (unpaired) electrons. The van der Waals surface area contributed by atoms with Gasteiger partial charge in [-0.05, 0) is 47.4 Å². The molecule has 0 saturated heterocycles. The molecule has 3 rings (SSSR count). The van der Waals surface area contributed by atoms with E-state index in [1.807, 2.05) is 24.3 Å². The van der Waals surface area contributed by atoms with Crippen molar-refractivity contribution in [3.63, 3.8) is 0 Å². The van der Waals surface area contributed by atoms with Crippen molar-refractivity contribution in [1.29, 1.82) is 0 Å². The molecule has 3 nitrogen and oxygen atoms in total.